The fourth-order valence-corrected chi connectivity index (χ4v) is 3.47. The second-order valence-electron chi connectivity index (χ2n) is 5.71. The summed E-state index contributed by atoms with van der Waals surface area (Å²) in [5, 5.41) is 0. The molecule has 2 aromatic heterocycles. The number of benzene rings is 1. The molecule has 0 spiro atoms. The van der Waals surface area contributed by atoms with Crippen LogP contribution >= 0.6 is 11.3 Å². The molecule has 1 aromatic carbocycles. The van der Waals surface area contributed by atoms with Gasteiger partial charge in [0, 0.05) is 22.4 Å². The highest BCUT2D eigenvalue weighted by atomic mass is 32.1. The summed E-state index contributed by atoms with van der Waals surface area (Å²) in [7, 11) is 1.75. The van der Waals surface area contributed by atoms with Crippen LogP contribution in [0.4, 0.5) is 0 Å². The van der Waals surface area contributed by atoms with Crippen molar-refractivity contribution in [2.75, 3.05) is 7.05 Å². The van der Waals surface area contributed by atoms with Crippen LogP contribution in [0.5, 0.6) is 0 Å². The predicted octanol–water partition coefficient (Wildman–Crippen LogP) is 2.42. The molecule has 1 amide bonds. The highest BCUT2D eigenvalue weighted by Gasteiger charge is 2.20. The average Bonchev–Trinajstić information content (AvgIpc) is 3.00. The second-order valence-corrected chi connectivity index (χ2v) is 7.03. The van der Waals surface area contributed by atoms with Crippen molar-refractivity contribution in [3.63, 3.8) is 0 Å². The maximum atomic E-state index is 12.7. The van der Waals surface area contributed by atoms with Gasteiger partial charge < -0.3 is 14.9 Å². The lowest BCUT2D eigenvalue weighted by atomic mass is 10.1. The predicted molar refractivity (Wildman–Crippen MR) is 94.8 cm³/mol. The molecule has 3 aromatic rings. The van der Waals surface area contributed by atoms with Gasteiger partial charge >= 0.3 is 11.1 Å². The van der Waals surface area contributed by atoms with Crippen molar-refractivity contribution in [2.45, 2.75) is 19.9 Å². The van der Waals surface area contributed by atoms with E-state index >= 15 is 0 Å². The number of H-pyrrole nitrogens is 2. The first-order chi connectivity index (χ1) is 11.4. The quantitative estimate of drug-likeness (QED) is 0.716. The molecule has 24 heavy (non-hydrogen) atoms. The fourth-order valence-electron chi connectivity index (χ4n) is 2.50. The van der Waals surface area contributed by atoms with E-state index in [1.54, 1.807) is 41.5 Å². The van der Waals surface area contributed by atoms with Gasteiger partial charge in [0.1, 0.15) is 0 Å². The smallest absolute Gasteiger partial charge is 0.314 e. The summed E-state index contributed by atoms with van der Waals surface area (Å²) < 4.78 is 0. The first kappa shape index (κ1) is 16.2. The molecule has 0 aliphatic heterocycles. The third-order valence-electron chi connectivity index (χ3n) is 4.04. The number of carbonyl (C=O) groups is 1. The van der Waals surface area contributed by atoms with Gasteiger partial charge in [0.25, 0.3) is 5.91 Å². The lowest BCUT2D eigenvalue weighted by Gasteiger charge is -2.24. The highest BCUT2D eigenvalue weighted by Crippen LogP contribution is 2.27. The summed E-state index contributed by atoms with van der Waals surface area (Å²) in [6.45, 7) is 4.01. The fraction of sp³-hybridized carbons (Fsp3) is 0.235. The number of fused-ring (bicyclic) bond motifs is 1. The second kappa shape index (κ2) is 6.09. The number of hydrogen-bond donors (Lipinski definition) is 2. The van der Waals surface area contributed by atoms with E-state index in [1.807, 2.05) is 26.0 Å². The lowest BCUT2D eigenvalue weighted by Crippen LogP contribution is -2.30. The van der Waals surface area contributed by atoms with E-state index in [4.69, 9.17) is 0 Å². The Hall–Kier alpha value is -2.67. The Morgan fingerprint density at radius 2 is 1.75 bits per heavy atom. The molecule has 2 heterocycles. The number of nitrogens with one attached hydrogen (secondary N) is 2. The van der Waals surface area contributed by atoms with Gasteiger partial charge in [-0.15, -0.1) is 11.3 Å². The molecular weight excluding hydrogens is 326 g/mol. The van der Waals surface area contributed by atoms with E-state index in [1.165, 1.54) is 4.88 Å². The number of rotatable bonds is 3. The minimum Gasteiger partial charge on any atom is -0.334 e. The summed E-state index contributed by atoms with van der Waals surface area (Å²) >= 11 is 1.66. The number of hydrogen-bond acceptors (Lipinski definition) is 4. The molecule has 0 bridgehead atoms. The zero-order valence-corrected chi connectivity index (χ0v) is 14.4. The molecule has 7 heteroatoms. The standard InChI is InChI=1S/C17H17N3O3S/c1-9-4-7-14(24-9)10(2)20(3)17(23)11-5-6-12-13(8-11)19-16(22)15(21)18-12/h4-8,10H,1-3H3,(H,18,21)(H,19,22). The van der Waals surface area contributed by atoms with Crippen molar-refractivity contribution in [1.29, 1.82) is 0 Å². The monoisotopic (exact) mass is 343 g/mol. The van der Waals surface area contributed by atoms with Crippen LogP contribution in [0.25, 0.3) is 11.0 Å². The third kappa shape index (κ3) is 2.90. The zero-order valence-electron chi connectivity index (χ0n) is 13.5. The Morgan fingerprint density at radius 3 is 2.38 bits per heavy atom. The van der Waals surface area contributed by atoms with Gasteiger partial charge in [-0.05, 0) is 44.2 Å². The van der Waals surface area contributed by atoms with E-state index < -0.39 is 11.1 Å². The Labute approximate surface area is 141 Å². The van der Waals surface area contributed by atoms with E-state index in [9.17, 15) is 14.4 Å². The Balaban J connectivity index is 1.94. The molecular formula is C17H17N3O3S. The van der Waals surface area contributed by atoms with Gasteiger partial charge in [0.15, 0.2) is 0 Å². The number of thiophene rings is 1. The van der Waals surface area contributed by atoms with E-state index in [0.717, 1.165) is 4.88 Å². The first-order valence-corrected chi connectivity index (χ1v) is 8.28. The van der Waals surface area contributed by atoms with Gasteiger partial charge in [0.05, 0.1) is 17.1 Å². The highest BCUT2D eigenvalue weighted by molar-refractivity contribution is 7.12. The van der Waals surface area contributed by atoms with Crippen LogP contribution < -0.4 is 11.1 Å². The Morgan fingerprint density at radius 1 is 1.08 bits per heavy atom. The molecule has 6 nitrogen and oxygen atoms in total. The molecule has 0 saturated heterocycles. The minimum absolute atomic E-state index is 0.0541. The summed E-state index contributed by atoms with van der Waals surface area (Å²) in [5.41, 5.74) is -0.0738. The summed E-state index contributed by atoms with van der Waals surface area (Å²) in [4.78, 5) is 44.5. The Kier molecular flexibility index (Phi) is 4.11. The molecule has 0 radical (unpaired) electrons. The number of aryl methyl sites for hydroxylation is 1. The van der Waals surface area contributed by atoms with Crippen molar-refractivity contribution >= 4 is 28.3 Å². The van der Waals surface area contributed by atoms with Crippen LogP contribution in [-0.2, 0) is 0 Å². The molecule has 124 valence electrons. The Bertz CT molecular complexity index is 1030. The summed E-state index contributed by atoms with van der Waals surface area (Å²) in [5.74, 6) is -0.150. The van der Waals surface area contributed by atoms with Crippen LogP contribution in [0.2, 0.25) is 0 Å². The van der Waals surface area contributed by atoms with Gasteiger partial charge in [-0.1, -0.05) is 0 Å². The molecule has 0 aliphatic rings. The molecule has 0 fully saturated rings. The molecule has 0 aliphatic carbocycles. The van der Waals surface area contributed by atoms with Crippen LogP contribution in [-0.4, -0.2) is 27.8 Å². The maximum absolute atomic E-state index is 12.7. The zero-order chi connectivity index (χ0) is 17.4. The van der Waals surface area contributed by atoms with Crippen LogP contribution in [0.3, 0.4) is 0 Å². The maximum Gasteiger partial charge on any atom is 0.314 e. The summed E-state index contributed by atoms with van der Waals surface area (Å²) in [6, 6.07) is 8.85. The average molecular weight is 343 g/mol. The molecule has 1 unspecified atom stereocenters. The number of amides is 1. The van der Waals surface area contributed by atoms with E-state index in [0.29, 0.717) is 16.6 Å². The first-order valence-electron chi connectivity index (χ1n) is 7.46. The van der Waals surface area contributed by atoms with Gasteiger partial charge in [0.2, 0.25) is 0 Å². The van der Waals surface area contributed by atoms with Crippen molar-refractivity contribution in [3.05, 3.63) is 66.4 Å². The van der Waals surface area contributed by atoms with Crippen molar-refractivity contribution in [3.8, 4) is 0 Å². The van der Waals surface area contributed by atoms with Crippen molar-refractivity contribution < 1.29 is 4.79 Å². The van der Waals surface area contributed by atoms with E-state index in [-0.39, 0.29) is 11.9 Å². The van der Waals surface area contributed by atoms with Gasteiger partial charge in [-0.3, -0.25) is 14.4 Å². The SMILES string of the molecule is Cc1ccc(C(C)N(C)C(=O)c2ccc3[nH]c(=O)c(=O)[nH]c3c2)s1. The summed E-state index contributed by atoms with van der Waals surface area (Å²) in [6.07, 6.45) is 0. The van der Waals surface area contributed by atoms with Gasteiger partial charge in [-0.25, -0.2) is 0 Å². The van der Waals surface area contributed by atoms with Crippen molar-refractivity contribution in [1.82, 2.24) is 14.9 Å². The molecule has 1 atom stereocenters. The number of carbonyl (C=O) groups excluding carboxylic acids is 1. The topological polar surface area (TPSA) is 86.0 Å². The number of aromatic nitrogens is 2. The largest absolute Gasteiger partial charge is 0.334 e. The molecule has 0 saturated carbocycles. The van der Waals surface area contributed by atoms with Crippen LogP contribution in [0.15, 0.2) is 39.9 Å². The van der Waals surface area contributed by atoms with Gasteiger partial charge in [-0.2, -0.15) is 0 Å². The normalized spacial score (nSPS) is 12.3. The van der Waals surface area contributed by atoms with E-state index in [2.05, 4.69) is 9.97 Å². The van der Waals surface area contributed by atoms with Crippen LogP contribution in [0, 0.1) is 6.92 Å². The van der Waals surface area contributed by atoms with Crippen LogP contribution in [0.1, 0.15) is 33.1 Å². The third-order valence-corrected chi connectivity index (χ3v) is 5.21. The number of aromatic amines is 2. The van der Waals surface area contributed by atoms with Crippen molar-refractivity contribution in [2.24, 2.45) is 0 Å². The number of nitrogens with zero attached hydrogens (tertiary/aromatic N) is 1. The molecule has 2 N–H and O–H groups in total. The lowest BCUT2D eigenvalue weighted by molar-refractivity contribution is 0.0745. The minimum atomic E-state index is -0.733. The molecule has 3 rings (SSSR count).